The van der Waals surface area contributed by atoms with Crippen LogP contribution in [0.4, 0.5) is 10.1 Å². The number of carbonyl (C=O) groups is 1. The third-order valence-electron chi connectivity index (χ3n) is 5.25. The SMILES string of the molecule is C[C@H](C(=O)Nc1ccccc1F)[NH+]1CC[NH+](C/C=C/c2ccccc2)CC1. The van der Waals surface area contributed by atoms with Crippen LogP contribution in [-0.4, -0.2) is 44.7 Å². The molecule has 0 aliphatic carbocycles. The number of nitrogens with one attached hydrogen (secondary N) is 3. The second-order valence-electron chi connectivity index (χ2n) is 7.12. The highest BCUT2D eigenvalue weighted by Crippen LogP contribution is 2.12. The summed E-state index contributed by atoms with van der Waals surface area (Å²) in [6, 6.07) is 16.4. The first-order valence-electron chi connectivity index (χ1n) is 9.58. The molecule has 1 amide bonds. The van der Waals surface area contributed by atoms with Crippen molar-refractivity contribution in [3.8, 4) is 0 Å². The Labute approximate surface area is 160 Å². The maximum Gasteiger partial charge on any atom is 0.282 e. The molecule has 1 heterocycles. The molecule has 5 heteroatoms. The van der Waals surface area contributed by atoms with Crippen molar-refractivity contribution in [1.82, 2.24) is 0 Å². The molecule has 1 aliphatic heterocycles. The van der Waals surface area contributed by atoms with Crippen molar-refractivity contribution in [1.29, 1.82) is 0 Å². The number of amides is 1. The van der Waals surface area contributed by atoms with Crippen molar-refractivity contribution in [2.45, 2.75) is 13.0 Å². The van der Waals surface area contributed by atoms with Gasteiger partial charge in [-0.1, -0.05) is 48.5 Å². The molecule has 0 bridgehead atoms. The zero-order valence-corrected chi connectivity index (χ0v) is 15.7. The van der Waals surface area contributed by atoms with Gasteiger partial charge in [-0.3, -0.25) is 4.79 Å². The van der Waals surface area contributed by atoms with E-state index in [4.69, 9.17) is 0 Å². The van der Waals surface area contributed by atoms with Gasteiger partial charge >= 0.3 is 0 Å². The minimum Gasteiger partial charge on any atom is -0.322 e. The van der Waals surface area contributed by atoms with Gasteiger partial charge in [-0.15, -0.1) is 0 Å². The van der Waals surface area contributed by atoms with Crippen molar-refractivity contribution in [3.05, 3.63) is 72.1 Å². The predicted octanol–water partition coefficient (Wildman–Crippen LogP) is 0.650. The number of para-hydroxylation sites is 1. The summed E-state index contributed by atoms with van der Waals surface area (Å²) in [6.45, 7) is 6.88. The van der Waals surface area contributed by atoms with E-state index in [1.165, 1.54) is 21.4 Å². The molecule has 1 saturated heterocycles. The summed E-state index contributed by atoms with van der Waals surface area (Å²) < 4.78 is 13.7. The van der Waals surface area contributed by atoms with Crippen LogP contribution in [0.5, 0.6) is 0 Å². The second kappa shape index (κ2) is 9.44. The molecule has 1 aliphatic rings. The summed E-state index contributed by atoms with van der Waals surface area (Å²) in [5.74, 6) is -0.518. The van der Waals surface area contributed by atoms with E-state index < -0.39 is 5.82 Å². The fourth-order valence-corrected chi connectivity index (χ4v) is 3.48. The minimum absolute atomic E-state index is 0.123. The molecular weight excluding hydrogens is 341 g/mol. The molecule has 3 rings (SSSR count). The summed E-state index contributed by atoms with van der Waals surface area (Å²) in [4.78, 5) is 15.3. The van der Waals surface area contributed by atoms with E-state index in [0.29, 0.717) is 0 Å². The normalized spacial score (nSPS) is 21.1. The van der Waals surface area contributed by atoms with Crippen LogP contribution in [0.25, 0.3) is 6.08 Å². The Morgan fingerprint density at radius 2 is 1.74 bits per heavy atom. The molecule has 0 aromatic heterocycles. The Bertz CT molecular complexity index is 770. The van der Waals surface area contributed by atoms with Gasteiger partial charge < -0.3 is 15.1 Å². The first-order chi connectivity index (χ1) is 13.1. The summed E-state index contributed by atoms with van der Waals surface area (Å²) in [5, 5.41) is 2.72. The Hall–Kier alpha value is -2.50. The Balaban J connectivity index is 1.45. The lowest BCUT2D eigenvalue weighted by molar-refractivity contribution is -1.02. The van der Waals surface area contributed by atoms with Crippen LogP contribution in [0.2, 0.25) is 0 Å². The molecular formula is C22H28FN3O+2. The largest absolute Gasteiger partial charge is 0.322 e. The molecule has 2 aromatic rings. The number of hydrogen-bond donors (Lipinski definition) is 3. The highest BCUT2D eigenvalue weighted by Gasteiger charge is 2.30. The molecule has 0 unspecified atom stereocenters. The number of rotatable bonds is 6. The number of halogens is 1. The van der Waals surface area contributed by atoms with Crippen LogP contribution in [-0.2, 0) is 4.79 Å². The predicted molar refractivity (Wildman–Crippen MR) is 106 cm³/mol. The van der Waals surface area contributed by atoms with Gasteiger partial charge in [0, 0.05) is 0 Å². The highest BCUT2D eigenvalue weighted by atomic mass is 19.1. The van der Waals surface area contributed by atoms with Crippen LogP contribution in [0.15, 0.2) is 60.7 Å². The molecule has 1 atom stereocenters. The van der Waals surface area contributed by atoms with Gasteiger partial charge in [0.05, 0.1) is 12.2 Å². The van der Waals surface area contributed by atoms with Crippen molar-refractivity contribution < 1.29 is 19.0 Å². The zero-order chi connectivity index (χ0) is 19.1. The minimum atomic E-state index is -0.396. The number of anilines is 1. The van der Waals surface area contributed by atoms with Crippen LogP contribution in [0, 0.1) is 5.82 Å². The lowest BCUT2D eigenvalue weighted by atomic mass is 10.2. The highest BCUT2D eigenvalue weighted by molar-refractivity contribution is 5.93. The van der Waals surface area contributed by atoms with Gasteiger partial charge in [0.2, 0.25) is 0 Å². The van der Waals surface area contributed by atoms with E-state index in [1.54, 1.807) is 18.2 Å². The van der Waals surface area contributed by atoms with E-state index in [9.17, 15) is 9.18 Å². The third kappa shape index (κ3) is 5.49. The van der Waals surface area contributed by atoms with Gasteiger partial charge in [0.25, 0.3) is 5.91 Å². The average Bonchev–Trinajstić information content (AvgIpc) is 2.70. The molecule has 0 radical (unpaired) electrons. The fraction of sp³-hybridized carbons (Fsp3) is 0.318. The van der Waals surface area contributed by atoms with E-state index in [0.717, 1.165) is 32.7 Å². The Morgan fingerprint density at radius 3 is 2.44 bits per heavy atom. The Kier molecular flexibility index (Phi) is 6.74. The summed E-state index contributed by atoms with van der Waals surface area (Å²) >= 11 is 0. The van der Waals surface area contributed by atoms with Gasteiger partial charge in [-0.05, 0) is 30.7 Å². The van der Waals surface area contributed by atoms with Crippen LogP contribution < -0.4 is 15.1 Å². The van der Waals surface area contributed by atoms with Crippen LogP contribution in [0.3, 0.4) is 0 Å². The van der Waals surface area contributed by atoms with Crippen molar-refractivity contribution >= 4 is 17.7 Å². The maximum absolute atomic E-state index is 13.7. The lowest BCUT2D eigenvalue weighted by Gasteiger charge is -2.32. The van der Waals surface area contributed by atoms with Gasteiger partial charge in [0.15, 0.2) is 6.04 Å². The van der Waals surface area contributed by atoms with E-state index in [1.807, 2.05) is 25.1 Å². The number of benzene rings is 2. The van der Waals surface area contributed by atoms with Gasteiger partial charge in [-0.2, -0.15) is 0 Å². The summed E-state index contributed by atoms with van der Waals surface area (Å²) in [6.07, 6.45) is 4.39. The molecule has 3 N–H and O–H groups in total. The van der Waals surface area contributed by atoms with Crippen molar-refractivity contribution in [2.75, 3.05) is 38.0 Å². The Morgan fingerprint density at radius 1 is 1.07 bits per heavy atom. The zero-order valence-electron chi connectivity index (χ0n) is 15.7. The second-order valence-corrected chi connectivity index (χ2v) is 7.12. The summed E-state index contributed by atoms with van der Waals surface area (Å²) in [7, 11) is 0. The number of carbonyl (C=O) groups excluding carboxylic acids is 1. The first-order valence-corrected chi connectivity index (χ1v) is 9.58. The van der Waals surface area contributed by atoms with Crippen LogP contribution in [0.1, 0.15) is 12.5 Å². The molecule has 27 heavy (non-hydrogen) atoms. The average molecular weight is 369 g/mol. The number of quaternary nitrogens is 2. The summed E-state index contributed by atoms with van der Waals surface area (Å²) in [5.41, 5.74) is 1.48. The molecule has 4 nitrogen and oxygen atoms in total. The van der Waals surface area contributed by atoms with E-state index in [2.05, 4.69) is 29.6 Å². The topological polar surface area (TPSA) is 38.0 Å². The molecule has 142 valence electrons. The molecule has 2 aromatic carbocycles. The third-order valence-corrected chi connectivity index (χ3v) is 5.25. The fourth-order valence-electron chi connectivity index (χ4n) is 3.48. The van der Waals surface area contributed by atoms with E-state index >= 15 is 0 Å². The van der Waals surface area contributed by atoms with Crippen LogP contribution >= 0.6 is 0 Å². The van der Waals surface area contributed by atoms with Gasteiger partial charge in [-0.25, -0.2) is 4.39 Å². The molecule has 0 saturated carbocycles. The van der Waals surface area contributed by atoms with Crippen molar-refractivity contribution in [2.24, 2.45) is 0 Å². The molecule has 0 spiro atoms. The standard InChI is InChI=1S/C22H26FN3O/c1-18(22(27)24-21-12-6-5-11-20(21)23)26-16-14-25(15-17-26)13-7-10-19-8-3-2-4-9-19/h2-12,18H,13-17H2,1H3,(H,24,27)/p+2/b10-7+/t18-/m1/s1. The van der Waals surface area contributed by atoms with Gasteiger partial charge in [0.1, 0.15) is 32.0 Å². The van der Waals surface area contributed by atoms with E-state index in [-0.39, 0.29) is 17.6 Å². The number of hydrogen-bond acceptors (Lipinski definition) is 1. The first kappa shape index (κ1) is 19.3. The lowest BCUT2D eigenvalue weighted by Crippen LogP contribution is -3.29. The smallest absolute Gasteiger partial charge is 0.282 e. The number of piperazine rings is 1. The maximum atomic E-state index is 13.7. The van der Waals surface area contributed by atoms with Crippen molar-refractivity contribution in [3.63, 3.8) is 0 Å². The quantitative estimate of drug-likeness (QED) is 0.687. The monoisotopic (exact) mass is 369 g/mol. The molecule has 1 fully saturated rings.